The molecule has 3 unspecified atom stereocenters. The van der Waals surface area contributed by atoms with Crippen molar-refractivity contribution in [2.75, 3.05) is 13.2 Å². The van der Waals surface area contributed by atoms with Gasteiger partial charge in [-0.3, -0.25) is 8.98 Å². The van der Waals surface area contributed by atoms with E-state index in [4.69, 9.17) is 51.6 Å². The quantitative estimate of drug-likeness (QED) is 0.0280. The summed E-state index contributed by atoms with van der Waals surface area (Å²) in [7, 11) is -5.12. The molecule has 0 bridgehead atoms. The van der Waals surface area contributed by atoms with Crippen molar-refractivity contribution < 1.29 is 160 Å². The Balaban J connectivity index is 0.00000920. The van der Waals surface area contributed by atoms with Gasteiger partial charge in [0.25, 0.3) is 0 Å². The molecule has 9 rings (SSSR count). The standard InChI is InChI=1S/C55H90O27S.Na/c1-21(2)15-25(56)18-55(8,68)34-10-9-28-27-17-32(30-16-26(82-83(69,70)71)11-13-53(30,6)29(27)12-14-54(28,34)7)77-50-44(67)45(37(60)24(5)76-50)79-52-47(81-49-43(66)41(64)36(59)23(4)75-49)39(62)33(20-73-52)78-51-46(38(61)31(57)19-72-51)80-48-42(65)40(63)35(58)22(3)74-48;/h12,21-24,26-28,30-52,57-68H,9-11,13-20H2,1-8H3,(H,69,70,71);/q;+1/p-1/t22-,23-,24-,26+,27?,28?,30?,31+,32+,33-,34+,35+,36-,37-,38+,39+,40+,41+,42-,43-,44-,45+,46-,47-,48+,49+,50+,51+,52+,53-,54+,55+;/m1./s1. The number of hydrogen-bond donors (Lipinski definition) is 12. The van der Waals surface area contributed by atoms with Crippen molar-refractivity contribution in [1.29, 1.82) is 0 Å². The van der Waals surface area contributed by atoms with E-state index in [0.29, 0.717) is 32.1 Å². The minimum atomic E-state index is -5.12. The number of aliphatic hydroxyl groups is 12. The van der Waals surface area contributed by atoms with Gasteiger partial charge in [-0.05, 0) is 113 Å². The summed E-state index contributed by atoms with van der Waals surface area (Å²) in [5, 5.41) is 134. The van der Waals surface area contributed by atoms with Crippen molar-refractivity contribution in [3.8, 4) is 0 Å². The van der Waals surface area contributed by atoms with Crippen LogP contribution in [0.1, 0.15) is 113 Å². The molecule has 84 heavy (non-hydrogen) atoms. The normalized spacial score (nSPS) is 50.7. The third kappa shape index (κ3) is 13.9. The van der Waals surface area contributed by atoms with E-state index in [-0.39, 0.29) is 78.3 Å². The van der Waals surface area contributed by atoms with Gasteiger partial charge in [-0.15, -0.1) is 0 Å². The van der Waals surface area contributed by atoms with Crippen LogP contribution >= 0.6 is 0 Å². The van der Waals surface area contributed by atoms with Gasteiger partial charge >= 0.3 is 29.6 Å². The molecule has 27 nitrogen and oxygen atoms in total. The number of carbonyl (C=O) groups is 1. The number of rotatable bonds is 17. The fourth-order valence-corrected chi connectivity index (χ4v) is 16.0. The molecule has 8 fully saturated rings. The fraction of sp³-hybridized carbons (Fsp3) is 0.945. The summed E-state index contributed by atoms with van der Waals surface area (Å²) in [6.07, 6.45) is -34.2. The Bertz CT molecular complexity index is 2370. The molecule has 0 aromatic heterocycles. The third-order valence-corrected chi connectivity index (χ3v) is 20.4. The maximum Gasteiger partial charge on any atom is 1.00 e. The predicted octanol–water partition coefficient (Wildman–Crippen LogP) is -5.38. The van der Waals surface area contributed by atoms with E-state index in [2.05, 4.69) is 19.9 Å². The van der Waals surface area contributed by atoms with Gasteiger partial charge in [-0.2, -0.15) is 0 Å². The summed E-state index contributed by atoms with van der Waals surface area (Å²) < 4.78 is 102. The number of ether oxygens (including phenoxy) is 10. The molecule has 5 saturated heterocycles. The van der Waals surface area contributed by atoms with E-state index < -0.39 is 199 Å². The molecule has 478 valence electrons. The average Bonchev–Trinajstić information content (AvgIpc) is 1.37. The molecule has 5 aliphatic heterocycles. The van der Waals surface area contributed by atoms with Gasteiger partial charge in [-0.1, -0.05) is 39.3 Å². The maximum absolute atomic E-state index is 13.2. The molecular weight excluding hydrogens is 1150 g/mol. The van der Waals surface area contributed by atoms with Crippen molar-refractivity contribution in [3.63, 3.8) is 0 Å². The first-order chi connectivity index (χ1) is 38.7. The van der Waals surface area contributed by atoms with Crippen LogP contribution in [-0.2, 0) is 66.7 Å². The zero-order valence-electron chi connectivity index (χ0n) is 49.1. The Kier molecular flexibility index (Phi) is 22.2. The van der Waals surface area contributed by atoms with Crippen LogP contribution in [0.4, 0.5) is 0 Å². The molecule has 4 aliphatic carbocycles. The molecule has 0 amide bonds. The van der Waals surface area contributed by atoms with Gasteiger partial charge in [0, 0.05) is 12.8 Å². The van der Waals surface area contributed by atoms with Crippen LogP contribution in [-0.4, -0.2) is 252 Å². The Hall–Kier alpha value is -0.600. The van der Waals surface area contributed by atoms with E-state index in [9.17, 15) is 79.0 Å². The molecular formula is C55H89NaO27S. The zero-order valence-corrected chi connectivity index (χ0v) is 51.9. The molecule has 29 heteroatoms. The van der Waals surface area contributed by atoms with Gasteiger partial charge in [0.2, 0.25) is 10.4 Å². The molecule has 0 radical (unpaired) electrons. The molecule has 12 N–H and O–H groups in total. The van der Waals surface area contributed by atoms with Crippen molar-refractivity contribution >= 4 is 16.2 Å². The largest absolute Gasteiger partial charge is 1.00 e. The Labute approximate surface area is 511 Å². The van der Waals surface area contributed by atoms with E-state index in [0.717, 1.165) is 12.0 Å². The van der Waals surface area contributed by atoms with Crippen LogP contribution in [0.5, 0.6) is 0 Å². The SMILES string of the molecule is CC(C)CC(=O)C[C@](C)(O)[C@H]1CCC2C3C[C@H](O[C@@H]4O[C@H](C)[C@@H](O)[C@H](O[C@@H]5OC[C@@H](O[C@@H]6OC[C@H](O)[C@H](O)[C@H]6O[C@@H]6O[C@H](C)[C@H](O)[C@H](O)[C@H]6O)[C@H](O)[C@H]5O[C@@H]5O[C@H](C)[C@@H](O)[C@H](O)[C@H]5O)[C@H]4O)C4C[C@@H](OS(=O)(=O)[O-])CC[C@]4(C)C3=CC[C@@]21C.[Na+]. The minimum Gasteiger partial charge on any atom is -0.726 e. The molecule has 32 atom stereocenters. The Morgan fingerprint density at radius 1 is 0.655 bits per heavy atom. The molecule has 0 aromatic rings. The zero-order chi connectivity index (χ0) is 60.7. The maximum atomic E-state index is 13.2. The average molecular weight is 1240 g/mol. The van der Waals surface area contributed by atoms with E-state index >= 15 is 0 Å². The van der Waals surface area contributed by atoms with Crippen molar-refractivity contribution in [3.05, 3.63) is 11.6 Å². The van der Waals surface area contributed by atoms with Crippen LogP contribution in [0, 0.1) is 40.4 Å². The number of ketones is 1. The van der Waals surface area contributed by atoms with E-state index in [1.54, 1.807) is 6.92 Å². The first kappa shape index (κ1) is 69.3. The topological polar surface area (TPSA) is 419 Å². The van der Waals surface area contributed by atoms with Crippen LogP contribution in [0.25, 0.3) is 0 Å². The molecule has 3 saturated carbocycles. The number of Topliss-reactive ketones (excluding diaryl/α,β-unsaturated/α-hetero) is 1. The third-order valence-electron chi connectivity index (χ3n) is 19.9. The van der Waals surface area contributed by atoms with Crippen LogP contribution < -0.4 is 29.6 Å². The summed E-state index contributed by atoms with van der Waals surface area (Å²) in [5.74, 6) is -0.796. The number of fused-ring (bicyclic) bond motifs is 5. The summed E-state index contributed by atoms with van der Waals surface area (Å²) >= 11 is 0. The van der Waals surface area contributed by atoms with E-state index in [1.165, 1.54) is 20.8 Å². The van der Waals surface area contributed by atoms with Gasteiger partial charge in [0.05, 0.1) is 49.3 Å². The molecule has 0 spiro atoms. The smallest absolute Gasteiger partial charge is 0.726 e. The van der Waals surface area contributed by atoms with E-state index in [1.807, 2.05) is 13.8 Å². The second kappa shape index (κ2) is 26.9. The Morgan fingerprint density at radius 2 is 1.18 bits per heavy atom. The van der Waals surface area contributed by atoms with Crippen molar-refractivity contribution in [1.82, 2.24) is 0 Å². The van der Waals surface area contributed by atoms with Gasteiger partial charge in [0.1, 0.15) is 97.3 Å². The van der Waals surface area contributed by atoms with Crippen LogP contribution in [0.15, 0.2) is 11.6 Å². The predicted molar refractivity (Wildman–Crippen MR) is 278 cm³/mol. The van der Waals surface area contributed by atoms with Gasteiger partial charge < -0.3 is 113 Å². The van der Waals surface area contributed by atoms with Crippen molar-refractivity contribution in [2.24, 2.45) is 40.4 Å². The Morgan fingerprint density at radius 3 is 1.76 bits per heavy atom. The molecule has 0 aromatic carbocycles. The van der Waals surface area contributed by atoms with Crippen LogP contribution in [0.3, 0.4) is 0 Å². The minimum absolute atomic E-state index is 0. The molecule has 5 heterocycles. The summed E-state index contributed by atoms with van der Waals surface area (Å²) in [4.78, 5) is 13.2. The van der Waals surface area contributed by atoms with Crippen molar-refractivity contribution in [2.45, 2.75) is 272 Å². The number of carbonyl (C=O) groups excluding carboxylic acids is 1. The number of allylic oxidation sites excluding steroid dienone is 2. The van der Waals surface area contributed by atoms with Crippen LogP contribution in [0.2, 0.25) is 0 Å². The monoisotopic (exact) mass is 1240 g/mol. The summed E-state index contributed by atoms with van der Waals surface area (Å²) in [6, 6.07) is 0. The van der Waals surface area contributed by atoms with Gasteiger partial charge in [0.15, 0.2) is 31.5 Å². The van der Waals surface area contributed by atoms with Gasteiger partial charge in [-0.25, -0.2) is 8.42 Å². The molecule has 9 aliphatic rings. The fourth-order valence-electron chi connectivity index (χ4n) is 15.5. The summed E-state index contributed by atoms with van der Waals surface area (Å²) in [6.45, 7) is 13.0. The first-order valence-corrected chi connectivity index (χ1v) is 30.6. The number of hydrogen-bond acceptors (Lipinski definition) is 27. The first-order valence-electron chi connectivity index (χ1n) is 29.3. The second-order valence-corrected chi connectivity index (χ2v) is 27.2. The number of aliphatic hydroxyl groups excluding tert-OH is 11. The second-order valence-electron chi connectivity index (χ2n) is 26.2. The summed E-state index contributed by atoms with van der Waals surface area (Å²) in [5.41, 5.74) is -1.26.